The lowest BCUT2D eigenvalue weighted by Crippen LogP contribution is -2.31. The van der Waals surface area contributed by atoms with Crippen LogP contribution in [0.25, 0.3) is 10.2 Å². The summed E-state index contributed by atoms with van der Waals surface area (Å²) in [6, 6.07) is 6.26. The summed E-state index contributed by atoms with van der Waals surface area (Å²) in [4.78, 5) is 29.1. The Kier molecular flexibility index (Phi) is 4.54. The molecule has 1 N–H and O–H groups in total. The van der Waals surface area contributed by atoms with E-state index in [1.165, 1.54) is 22.1 Å². The van der Waals surface area contributed by atoms with Gasteiger partial charge in [-0.15, -0.1) is 0 Å². The summed E-state index contributed by atoms with van der Waals surface area (Å²) < 4.78 is 25.4. The van der Waals surface area contributed by atoms with Crippen molar-refractivity contribution in [1.29, 1.82) is 0 Å². The smallest absolute Gasteiger partial charge is 0.266 e. The molecule has 1 aromatic carbocycles. The number of aryl methyl sites for hydroxylation is 2. The molecule has 0 aliphatic heterocycles. The normalized spacial score (nSPS) is 16.7. The standard InChI is InChI=1S/C18H18N4O4S2/c1-22-16(23)8-11-7-10(3-5-13(11)21-22)17(24)20-18-19-14-6-4-12(28(2,25)26)9-15(14)27-18/h4,6,8-10H,3,5,7H2,1-2H3,(H,19,20,24). The Morgan fingerprint density at radius 3 is 2.86 bits per heavy atom. The van der Waals surface area contributed by atoms with Gasteiger partial charge in [0, 0.05) is 25.3 Å². The number of fused-ring (bicyclic) bond motifs is 2. The van der Waals surface area contributed by atoms with Crippen LogP contribution in [-0.4, -0.2) is 35.3 Å². The molecule has 0 spiro atoms. The van der Waals surface area contributed by atoms with Gasteiger partial charge in [-0.3, -0.25) is 9.59 Å². The van der Waals surface area contributed by atoms with Crippen LogP contribution in [0, 0.1) is 5.92 Å². The summed E-state index contributed by atoms with van der Waals surface area (Å²) in [6.45, 7) is 0. The molecular weight excluding hydrogens is 400 g/mol. The third-order valence-electron chi connectivity index (χ3n) is 4.84. The van der Waals surface area contributed by atoms with Crippen LogP contribution in [0.1, 0.15) is 17.7 Å². The van der Waals surface area contributed by atoms with E-state index in [1.807, 2.05) is 0 Å². The molecule has 10 heteroatoms. The fourth-order valence-corrected chi connectivity index (χ4v) is 4.94. The minimum Gasteiger partial charge on any atom is -0.302 e. The average Bonchev–Trinajstić information content (AvgIpc) is 3.03. The Bertz CT molecular complexity index is 1260. The lowest BCUT2D eigenvalue weighted by molar-refractivity contribution is -0.120. The van der Waals surface area contributed by atoms with Crippen molar-refractivity contribution in [2.45, 2.75) is 24.2 Å². The minimum absolute atomic E-state index is 0.159. The summed E-state index contributed by atoms with van der Waals surface area (Å²) in [5, 5.41) is 7.52. The molecule has 8 nitrogen and oxygen atoms in total. The number of nitrogens with one attached hydrogen (secondary N) is 1. The average molecular weight is 419 g/mol. The number of rotatable bonds is 3. The molecule has 0 fully saturated rings. The van der Waals surface area contributed by atoms with Gasteiger partial charge in [0.05, 0.1) is 20.8 Å². The van der Waals surface area contributed by atoms with Gasteiger partial charge in [-0.05, 0) is 43.0 Å². The lowest BCUT2D eigenvalue weighted by atomic mass is 9.86. The van der Waals surface area contributed by atoms with Crippen LogP contribution in [0.3, 0.4) is 0 Å². The van der Waals surface area contributed by atoms with E-state index >= 15 is 0 Å². The van der Waals surface area contributed by atoms with Gasteiger partial charge in [-0.2, -0.15) is 5.10 Å². The first-order valence-electron chi connectivity index (χ1n) is 8.68. The molecule has 1 atom stereocenters. The number of carbonyl (C=O) groups is 1. The molecule has 146 valence electrons. The predicted octanol–water partition coefficient (Wildman–Crippen LogP) is 1.54. The molecule has 1 aliphatic carbocycles. The van der Waals surface area contributed by atoms with E-state index in [1.54, 1.807) is 25.2 Å². The highest BCUT2D eigenvalue weighted by Gasteiger charge is 2.27. The zero-order chi connectivity index (χ0) is 20.1. The zero-order valence-electron chi connectivity index (χ0n) is 15.3. The van der Waals surface area contributed by atoms with Gasteiger partial charge in [0.25, 0.3) is 5.56 Å². The number of sulfone groups is 1. The second-order valence-electron chi connectivity index (χ2n) is 6.93. The fraction of sp³-hybridized carbons (Fsp3) is 0.333. The van der Waals surface area contributed by atoms with Gasteiger partial charge < -0.3 is 5.32 Å². The highest BCUT2D eigenvalue weighted by atomic mass is 32.2. The van der Waals surface area contributed by atoms with Gasteiger partial charge in [-0.1, -0.05) is 11.3 Å². The largest absolute Gasteiger partial charge is 0.302 e. The molecule has 2 aromatic heterocycles. The zero-order valence-corrected chi connectivity index (χ0v) is 16.9. The van der Waals surface area contributed by atoms with E-state index in [2.05, 4.69) is 15.4 Å². The molecule has 1 unspecified atom stereocenters. The highest BCUT2D eigenvalue weighted by molar-refractivity contribution is 7.90. The van der Waals surface area contributed by atoms with Crippen LogP contribution >= 0.6 is 11.3 Å². The van der Waals surface area contributed by atoms with Crippen molar-refractivity contribution < 1.29 is 13.2 Å². The highest BCUT2D eigenvalue weighted by Crippen LogP contribution is 2.30. The quantitative estimate of drug-likeness (QED) is 0.691. The second-order valence-corrected chi connectivity index (χ2v) is 9.97. The molecule has 1 amide bonds. The number of hydrogen-bond donors (Lipinski definition) is 1. The maximum Gasteiger partial charge on any atom is 0.266 e. The molecule has 3 aromatic rings. The molecule has 4 rings (SSSR count). The summed E-state index contributed by atoms with van der Waals surface area (Å²) in [7, 11) is -1.69. The lowest BCUT2D eigenvalue weighted by Gasteiger charge is -2.22. The van der Waals surface area contributed by atoms with Crippen LogP contribution in [0.5, 0.6) is 0 Å². The fourth-order valence-electron chi connectivity index (χ4n) is 3.31. The molecule has 2 heterocycles. The number of amides is 1. The van der Waals surface area contributed by atoms with Crippen molar-refractivity contribution >= 4 is 42.4 Å². The molecule has 28 heavy (non-hydrogen) atoms. The van der Waals surface area contributed by atoms with Gasteiger partial charge in [0.1, 0.15) is 0 Å². The SMILES string of the molecule is Cn1nc2c(cc1=O)CC(C(=O)Nc1nc3ccc(S(C)(=O)=O)cc3s1)CC2. The number of thiazole rings is 1. The first-order valence-corrected chi connectivity index (χ1v) is 11.4. The van der Waals surface area contributed by atoms with Crippen molar-refractivity contribution in [3.05, 3.63) is 45.9 Å². The van der Waals surface area contributed by atoms with Crippen molar-refractivity contribution in [3.63, 3.8) is 0 Å². The molecule has 0 bridgehead atoms. The van der Waals surface area contributed by atoms with Crippen molar-refractivity contribution in [1.82, 2.24) is 14.8 Å². The van der Waals surface area contributed by atoms with E-state index in [9.17, 15) is 18.0 Å². The number of carbonyl (C=O) groups excluding carboxylic acids is 1. The van der Waals surface area contributed by atoms with Crippen molar-refractivity contribution in [3.8, 4) is 0 Å². The first-order chi connectivity index (χ1) is 13.2. The van der Waals surface area contributed by atoms with E-state index in [0.29, 0.717) is 34.6 Å². The van der Waals surface area contributed by atoms with E-state index in [0.717, 1.165) is 17.5 Å². The minimum atomic E-state index is -3.30. The Morgan fingerprint density at radius 1 is 1.32 bits per heavy atom. The van der Waals surface area contributed by atoms with Crippen LogP contribution < -0.4 is 10.9 Å². The van der Waals surface area contributed by atoms with Crippen LogP contribution in [0.4, 0.5) is 5.13 Å². The third kappa shape index (κ3) is 3.57. The second kappa shape index (κ2) is 6.78. The van der Waals surface area contributed by atoms with Crippen LogP contribution in [0.15, 0.2) is 34.0 Å². The van der Waals surface area contributed by atoms with Crippen molar-refractivity contribution in [2.24, 2.45) is 13.0 Å². The summed E-state index contributed by atoms with van der Waals surface area (Å²) in [6.07, 6.45) is 2.90. The number of benzene rings is 1. The molecule has 0 radical (unpaired) electrons. The van der Waals surface area contributed by atoms with Crippen LogP contribution in [-0.2, 0) is 34.5 Å². The predicted molar refractivity (Wildman–Crippen MR) is 106 cm³/mol. The third-order valence-corrected chi connectivity index (χ3v) is 6.89. The van der Waals surface area contributed by atoms with E-state index in [-0.39, 0.29) is 22.3 Å². The summed E-state index contributed by atoms with van der Waals surface area (Å²) in [5.74, 6) is -0.422. The Hall–Kier alpha value is -2.59. The molecule has 0 saturated heterocycles. The van der Waals surface area contributed by atoms with Gasteiger partial charge in [-0.25, -0.2) is 18.1 Å². The summed E-state index contributed by atoms with van der Waals surface area (Å²) >= 11 is 1.24. The van der Waals surface area contributed by atoms with Crippen LogP contribution in [0.2, 0.25) is 0 Å². The van der Waals surface area contributed by atoms with Gasteiger partial charge >= 0.3 is 0 Å². The maximum atomic E-state index is 12.7. The Morgan fingerprint density at radius 2 is 2.11 bits per heavy atom. The maximum absolute atomic E-state index is 12.7. The number of hydrogen-bond acceptors (Lipinski definition) is 7. The monoisotopic (exact) mass is 418 g/mol. The van der Waals surface area contributed by atoms with Gasteiger partial charge in [0.2, 0.25) is 5.91 Å². The van der Waals surface area contributed by atoms with E-state index in [4.69, 9.17) is 0 Å². The Labute approximate surface area is 165 Å². The Balaban J connectivity index is 1.53. The molecule has 1 aliphatic rings. The van der Waals surface area contributed by atoms with Crippen molar-refractivity contribution in [2.75, 3.05) is 11.6 Å². The summed E-state index contributed by atoms with van der Waals surface area (Å²) in [5.41, 5.74) is 2.12. The molecule has 0 saturated carbocycles. The first kappa shape index (κ1) is 18.8. The molecular formula is C18H18N4O4S2. The topological polar surface area (TPSA) is 111 Å². The number of nitrogens with zero attached hydrogens (tertiary/aromatic N) is 3. The van der Waals surface area contributed by atoms with E-state index < -0.39 is 9.84 Å². The number of anilines is 1. The van der Waals surface area contributed by atoms with Gasteiger partial charge in [0.15, 0.2) is 15.0 Å². The number of aromatic nitrogens is 3.